The second kappa shape index (κ2) is 14.4. The van der Waals surface area contributed by atoms with E-state index in [1.54, 1.807) is 60.7 Å². The molecule has 6 N–H and O–H groups in total. The van der Waals surface area contributed by atoms with Crippen LogP contribution in [-0.2, 0) is 22.4 Å². The maximum absolute atomic E-state index is 13.2. The molecule has 0 fully saturated rings. The van der Waals surface area contributed by atoms with E-state index in [9.17, 15) is 39.0 Å². The molecule has 234 valence electrons. The van der Waals surface area contributed by atoms with Crippen molar-refractivity contribution in [3.63, 3.8) is 0 Å². The molecular formula is C34H30N4O8. The first-order valence-electron chi connectivity index (χ1n) is 14.0. The maximum Gasteiger partial charge on any atom is 0.331 e. The van der Waals surface area contributed by atoms with Gasteiger partial charge in [0.2, 0.25) is 0 Å². The zero-order valence-electron chi connectivity index (χ0n) is 24.4. The molecule has 0 spiro atoms. The van der Waals surface area contributed by atoms with Crippen molar-refractivity contribution in [1.29, 1.82) is 0 Å². The number of nitrogens with two attached hydrogens (primary N) is 2. The third-order valence-electron chi connectivity index (χ3n) is 7.23. The zero-order valence-corrected chi connectivity index (χ0v) is 24.4. The molecule has 0 aliphatic rings. The highest BCUT2D eigenvalue weighted by atomic mass is 16.4. The number of carboxylic acids is 2. The number of primary amides is 2. The molecule has 0 aliphatic heterocycles. The molecule has 0 saturated carbocycles. The molecule has 0 bridgehead atoms. The maximum atomic E-state index is 13.2. The van der Waals surface area contributed by atoms with Crippen LogP contribution in [0.1, 0.15) is 55.1 Å². The second-order valence-electron chi connectivity index (χ2n) is 10.2. The van der Waals surface area contributed by atoms with E-state index in [1.165, 1.54) is 48.5 Å². The summed E-state index contributed by atoms with van der Waals surface area (Å²) in [7, 11) is 0. The van der Waals surface area contributed by atoms with Gasteiger partial charge in [-0.1, -0.05) is 84.9 Å². The lowest BCUT2D eigenvalue weighted by Gasteiger charge is -2.26. The predicted octanol–water partition coefficient (Wildman–Crippen LogP) is 4.17. The number of carboxylic acid groups (broad SMARTS) is 2. The highest BCUT2D eigenvalue weighted by Crippen LogP contribution is 2.25. The molecule has 4 aromatic rings. The topological polar surface area (TPSA) is 201 Å². The number of amides is 6. The molecule has 46 heavy (non-hydrogen) atoms. The lowest BCUT2D eigenvalue weighted by Crippen LogP contribution is -2.46. The molecule has 2 atom stereocenters. The summed E-state index contributed by atoms with van der Waals surface area (Å²) < 4.78 is 0. The Balaban J connectivity index is 1.45. The minimum atomic E-state index is -1.61. The van der Waals surface area contributed by atoms with E-state index >= 15 is 0 Å². The van der Waals surface area contributed by atoms with E-state index in [4.69, 9.17) is 11.5 Å². The number of benzene rings is 4. The van der Waals surface area contributed by atoms with Crippen LogP contribution in [0.5, 0.6) is 0 Å². The van der Waals surface area contributed by atoms with E-state index in [-0.39, 0.29) is 22.3 Å². The molecule has 0 heterocycles. The Bertz CT molecular complexity index is 1610. The fraction of sp³-hybridized carbons (Fsp3) is 0.118. The van der Waals surface area contributed by atoms with Gasteiger partial charge in [0.05, 0.1) is 0 Å². The van der Waals surface area contributed by atoms with Gasteiger partial charge < -0.3 is 21.7 Å². The van der Waals surface area contributed by atoms with Crippen LogP contribution in [0.25, 0.3) is 0 Å². The van der Waals surface area contributed by atoms with Gasteiger partial charge in [0.15, 0.2) is 12.1 Å². The van der Waals surface area contributed by atoms with Crippen molar-refractivity contribution in [2.45, 2.75) is 24.9 Å². The van der Waals surface area contributed by atoms with Crippen LogP contribution in [0, 0.1) is 0 Å². The van der Waals surface area contributed by atoms with Crippen LogP contribution >= 0.6 is 0 Å². The third kappa shape index (κ3) is 7.42. The van der Waals surface area contributed by atoms with E-state index in [0.717, 1.165) is 11.1 Å². The van der Waals surface area contributed by atoms with Gasteiger partial charge in [-0.3, -0.25) is 9.59 Å². The summed E-state index contributed by atoms with van der Waals surface area (Å²) >= 11 is 0. The normalized spacial score (nSPS) is 11.9. The number of aliphatic carboxylic acids is 2. The van der Waals surface area contributed by atoms with Crippen molar-refractivity contribution in [2.75, 3.05) is 0 Å². The Hall–Kier alpha value is -6.30. The quantitative estimate of drug-likeness (QED) is 0.191. The smallest absolute Gasteiger partial charge is 0.331 e. The van der Waals surface area contributed by atoms with Crippen LogP contribution in [0.2, 0.25) is 0 Å². The molecule has 4 rings (SSSR count). The number of imide groups is 2. The Morgan fingerprint density at radius 2 is 0.804 bits per heavy atom. The SMILES string of the molecule is NC(=O)N(C(=O)c1ccc(CCc2ccc(C(=O)N(C(N)=O)C(C(=O)O)c3ccccc3)cc2)cc1)C(C(=O)O)c1ccccc1. The summed E-state index contributed by atoms with van der Waals surface area (Å²) in [5.41, 5.74) is 13.1. The van der Waals surface area contributed by atoms with Gasteiger partial charge in [-0.25, -0.2) is 29.0 Å². The van der Waals surface area contributed by atoms with Crippen molar-refractivity contribution in [3.8, 4) is 0 Å². The van der Waals surface area contributed by atoms with Gasteiger partial charge in [0.1, 0.15) is 0 Å². The van der Waals surface area contributed by atoms with Crippen molar-refractivity contribution < 1.29 is 39.0 Å². The zero-order chi connectivity index (χ0) is 33.4. The van der Waals surface area contributed by atoms with E-state index in [0.29, 0.717) is 22.6 Å². The molecule has 6 amide bonds. The summed E-state index contributed by atoms with van der Waals surface area (Å²) in [6, 6.07) is 22.6. The molecule has 0 aliphatic carbocycles. The highest BCUT2D eigenvalue weighted by Gasteiger charge is 2.36. The number of urea groups is 2. The molecular weight excluding hydrogens is 592 g/mol. The van der Waals surface area contributed by atoms with Crippen LogP contribution in [0.4, 0.5) is 9.59 Å². The summed E-state index contributed by atoms with van der Waals surface area (Å²) in [5, 5.41) is 19.6. The van der Waals surface area contributed by atoms with Crippen LogP contribution in [-0.4, -0.2) is 55.8 Å². The third-order valence-corrected chi connectivity index (χ3v) is 7.23. The summed E-state index contributed by atoms with van der Waals surface area (Å²) in [6.07, 6.45) is 1.04. The van der Waals surface area contributed by atoms with Crippen molar-refractivity contribution in [3.05, 3.63) is 143 Å². The number of aryl methyl sites for hydroxylation is 2. The molecule has 12 heteroatoms. The standard InChI is InChI=1S/C34H30N4O8/c35-33(45)37(27(31(41)42)23-7-3-1-4-8-23)29(39)25-17-13-21(14-18-25)11-12-22-15-19-26(20-16-22)30(40)38(34(36)46)28(32(43)44)24-9-5-2-6-10-24/h1-10,13-20,27-28H,11-12H2,(H2,35,45)(H2,36,46)(H,41,42)(H,43,44). The van der Waals surface area contributed by atoms with Gasteiger partial charge >= 0.3 is 24.0 Å². The minimum Gasteiger partial charge on any atom is -0.479 e. The van der Waals surface area contributed by atoms with Crippen molar-refractivity contribution >= 4 is 35.8 Å². The van der Waals surface area contributed by atoms with E-state index < -0.39 is 47.9 Å². The molecule has 0 saturated heterocycles. The number of carbonyl (C=O) groups excluding carboxylic acids is 4. The van der Waals surface area contributed by atoms with Gasteiger partial charge in [0.25, 0.3) is 11.8 Å². The molecule has 0 aromatic heterocycles. The van der Waals surface area contributed by atoms with Crippen molar-refractivity contribution in [1.82, 2.24) is 9.80 Å². The Labute approximate surface area is 263 Å². The number of hydrogen-bond donors (Lipinski definition) is 4. The monoisotopic (exact) mass is 622 g/mol. The van der Waals surface area contributed by atoms with E-state index in [2.05, 4.69) is 0 Å². The largest absolute Gasteiger partial charge is 0.479 e. The first-order valence-corrected chi connectivity index (χ1v) is 14.0. The number of carbonyl (C=O) groups is 6. The summed E-state index contributed by atoms with van der Waals surface area (Å²) in [5.74, 6) is -4.55. The number of nitrogens with zero attached hydrogens (tertiary/aromatic N) is 2. The summed E-state index contributed by atoms with van der Waals surface area (Å²) in [4.78, 5) is 75.9. The highest BCUT2D eigenvalue weighted by molar-refractivity contribution is 6.07. The van der Waals surface area contributed by atoms with Gasteiger partial charge in [-0.15, -0.1) is 0 Å². The molecule has 4 aromatic carbocycles. The average Bonchev–Trinajstić information content (AvgIpc) is 3.05. The van der Waals surface area contributed by atoms with Gasteiger partial charge in [-0.2, -0.15) is 0 Å². The Morgan fingerprint density at radius 1 is 0.500 bits per heavy atom. The first kappa shape index (κ1) is 32.6. The molecule has 0 radical (unpaired) electrons. The predicted molar refractivity (Wildman–Crippen MR) is 165 cm³/mol. The number of rotatable bonds is 11. The van der Waals surface area contributed by atoms with Crippen LogP contribution in [0.3, 0.4) is 0 Å². The van der Waals surface area contributed by atoms with Crippen molar-refractivity contribution in [2.24, 2.45) is 11.5 Å². The lowest BCUT2D eigenvalue weighted by molar-refractivity contribution is -0.142. The molecule has 2 unspecified atom stereocenters. The van der Waals surface area contributed by atoms with E-state index in [1.807, 2.05) is 0 Å². The van der Waals surface area contributed by atoms with Gasteiger partial charge in [0, 0.05) is 11.1 Å². The summed E-state index contributed by atoms with van der Waals surface area (Å²) in [6.45, 7) is 0. The second-order valence-corrected chi connectivity index (χ2v) is 10.2. The molecule has 12 nitrogen and oxygen atoms in total. The van der Waals surface area contributed by atoms with Crippen LogP contribution in [0.15, 0.2) is 109 Å². The number of hydrogen-bond acceptors (Lipinski definition) is 6. The van der Waals surface area contributed by atoms with Gasteiger partial charge in [-0.05, 0) is 59.4 Å². The Morgan fingerprint density at radius 3 is 1.07 bits per heavy atom. The fourth-order valence-electron chi connectivity index (χ4n) is 4.96. The minimum absolute atomic E-state index is 0.0711. The Kier molecular flexibility index (Phi) is 10.2. The first-order chi connectivity index (χ1) is 22.0. The lowest BCUT2D eigenvalue weighted by atomic mass is 10.0. The fourth-order valence-corrected chi connectivity index (χ4v) is 4.96. The van der Waals surface area contributed by atoms with Crippen LogP contribution < -0.4 is 11.5 Å². The average molecular weight is 623 g/mol.